The first-order valence-electron chi connectivity index (χ1n) is 18.1. The van der Waals surface area contributed by atoms with E-state index in [9.17, 15) is 28.8 Å². The summed E-state index contributed by atoms with van der Waals surface area (Å²) in [5.74, 6) is -6.47. The smallest absolute Gasteiger partial charge is 0.338 e. The zero-order valence-electron chi connectivity index (χ0n) is 31.4. The molecule has 9 unspecified atom stereocenters. The minimum absolute atomic E-state index is 0.0189. The highest BCUT2D eigenvalue weighted by Gasteiger charge is 2.86. The Balaban J connectivity index is 1.65. The number of esters is 6. The van der Waals surface area contributed by atoms with Crippen molar-refractivity contribution in [2.24, 2.45) is 17.3 Å². The van der Waals surface area contributed by atoms with Crippen molar-refractivity contribution in [2.45, 2.75) is 89.7 Å². The van der Waals surface area contributed by atoms with E-state index >= 15 is 0 Å². The molecular weight excluding hydrogens is 712 g/mol. The molecule has 2 bridgehead atoms. The molecule has 2 saturated carbocycles. The molecule has 1 aliphatic heterocycles. The molecule has 6 rings (SSSR count). The monoisotopic (exact) mass is 756 g/mol. The van der Waals surface area contributed by atoms with Gasteiger partial charge in [0.15, 0.2) is 12.2 Å². The highest BCUT2D eigenvalue weighted by Crippen LogP contribution is 2.68. The number of carbonyl (C=O) groups is 6. The molecule has 1 spiro atoms. The maximum atomic E-state index is 14.2. The van der Waals surface area contributed by atoms with E-state index in [4.69, 9.17) is 33.2 Å². The Labute approximate surface area is 318 Å². The molecule has 55 heavy (non-hydrogen) atoms. The van der Waals surface area contributed by atoms with Crippen molar-refractivity contribution in [3.8, 4) is 0 Å². The quantitative estimate of drug-likeness (QED) is 0.194. The summed E-state index contributed by atoms with van der Waals surface area (Å²) in [6.07, 6.45) is -7.31. The van der Waals surface area contributed by atoms with Crippen LogP contribution in [0.5, 0.6) is 0 Å². The SMILES string of the molecule is CC(=O)OCC12C(OC(=O)c3ccccc3)C(OC(=O)c3ccccc3)CC(C)C13OC(C)(C)C(C(OC(=O)c1ccccc1)C2OC(C)=O)C3OC(C)=O. The molecule has 1 heterocycles. The second-order valence-electron chi connectivity index (χ2n) is 14.8. The highest BCUT2D eigenvalue weighted by atomic mass is 16.6. The largest absolute Gasteiger partial charge is 0.465 e. The van der Waals surface area contributed by atoms with Crippen LogP contribution in [0.4, 0.5) is 0 Å². The van der Waals surface area contributed by atoms with E-state index in [2.05, 4.69) is 0 Å². The fourth-order valence-electron chi connectivity index (χ4n) is 8.95. The van der Waals surface area contributed by atoms with Gasteiger partial charge in [-0.25, -0.2) is 14.4 Å². The van der Waals surface area contributed by atoms with Gasteiger partial charge in [-0.2, -0.15) is 0 Å². The van der Waals surface area contributed by atoms with Gasteiger partial charge in [0.2, 0.25) is 0 Å². The summed E-state index contributed by atoms with van der Waals surface area (Å²) >= 11 is 0. The summed E-state index contributed by atoms with van der Waals surface area (Å²) in [6, 6.07) is 24.3. The molecule has 2 aliphatic carbocycles. The van der Waals surface area contributed by atoms with E-state index in [0.717, 1.165) is 13.8 Å². The molecule has 9 atom stereocenters. The Morgan fingerprint density at radius 3 is 1.53 bits per heavy atom. The summed E-state index contributed by atoms with van der Waals surface area (Å²) in [6.45, 7) is 8.06. The van der Waals surface area contributed by atoms with Crippen LogP contribution in [-0.4, -0.2) is 84.1 Å². The predicted octanol–water partition coefficient (Wildman–Crippen LogP) is 5.29. The lowest BCUT2D eigenvalue weighted by molar-refractivity contribution is -0.327. The minimum Gasteiger partial charge on any atom is -0.465 e. The number of benzene rings is 3. The molecule has 1 saturated heterocycles. The average Bonchev–Trinajstić information content (AvgIpc) is 3.34. The second-order valence-corrected chi connectivity index (χ2v) is 14.8. The maximum absolute atomic E-state index is 14.2. The summed E-state index contributed by atoms with van der Waals surface area (Å²) in [7, 11) is 0. The van der Waals surface area contributed by atoms with Crippen LogP contribution in [0.1, 0.15) is 79.0 Å². The van der Waals surface area contributed by atoms with Crippen LogP contribution in [0, 0.1) is 17.3 Å². The number of fused-ring (bicyclic) bond motifs is 1. The molecule has 0 N–H and O–H groups in total. The van der Waals surface area contributed by atoms with Crippen LogP contribution in [-0.2, 0) is 47.5 Å². The zero-order valence-corrected chi connectivity index (χ0v) is 31.4. The Kier molecular flexibility index (Phi) is 10.9. The van der Waals surface area contributed by atoms with Crippen molar-refractivity contribution < 1.29 is 61.9 Å². The van der Waals surface area contributed by atoms with Crippen molar-refractivity contribution in [3.63, 3.8) is 0 Å². The first kappa shape index (κ1) is 39.1. The van der Waals surface area contributed by atoms with Crippen LogP contribution < -0.4 is 0 Å². The minimum atomic E-state index is -2.07. The predicted molar refractivity (Wildman–Crippen MR) is 192 cm³/mol. The van der Waals surface area contributed by atoms with E-state index in [-0.39, 0.29) is 23.1 Å². The Morgan fingerprint density at radius 1 is 0.600 bits per heavy atom. The number of ether oxygens (including phenoxy) is 7. The average molecular weight is 757 g/mol. The fourth-order valence-corrected chi connectivity index (χ4v) is 8.95. The molecule has 13 nitrogen and oxygen atoms in total. The number of hydrogen-bond donors (Lipinski definition) is 0. The Hall–Kier alpha value is -5.56. The van der Waals surface area contributed by atoms with Gasteiger partial charge in [0.25, 0.3) is 0 Å². The topological polar surface area (TPSA) is 167 Å². The van der Waals surface area contributed by atoms with Gasteiger partial charge in [0.05, 0.1) is 28.2 Å². The number of rotatable bonds is 10. The molecule has 3 aliphatic rings. The van der Waals surface area contributed by atoms with E-state index in [1.807, 2.05) is 0 Å². The second kappa shape index (κ2) is 15.3. The van der Waals surface area contributed by atoms with Gasteiger partial charge in [-0.1, -0.05) is 61.5 Å². The third kappa shape index (κ3) is 7.08. The molecule has 0 amide bonds. The number of hydrogen-bond acceptors (Lipinski definition) is 13. The van der Waals surface area contributed by atoms with Crippen LogP contribution in [0.15, 0.2) is 91.0 Å². The third-order valence-corrected chi connectivity index (χ3v) is 10.9. The van der Waals surface area contributed by atoms with Crippen LogP contribution in [0.25, 0.3) is 0 Å². The lowest BCUT2D eigenvalue weighted by Gasteiger charge is -2.64. The standard InChI is InChI=1S/C42H44O13/c1-24-22-31(52-37(46)28-16-10-7-11-17-28)34(54-39(48)30-20-14-9-15-21-30)41(23-49-25(2)43)36(51-27(4)45)33(53-38(47)29-18-12-8-13-19-29)32-35(50-26(3)44)42(24,41)55-40(32,5)6/h7-21,24,31-36H,22-23H2,1-6H3. The van der Waals surface area contributed by atoms with Crippen molar-refractivity contribution in [1.29, 1.82) is 0 Å². The lowest BCUT2D eigenvalue weighted by atomic mass is 9.47. The van der Waals surface area contributed by atoms with Crippen molar-refractivity contribution in [3.05, 3.63) is 108 Å². The molecule has 3 aromatic carbocycles. The first-order valence-corrected chi connectivity index (χ1v) is 18.1. The van der Waals surface area contributed by atoms with E-state index in [1.54, 1.807) is 87.5 Å². The highest BCUT2D eigenvalue weighted by molar-refractivity contribution is 5.91. The van der Waals surface area contributed by atoms with Crippen LogP contribution in [0.3, 0.4) is 0 Å². The molecule has 0 radical (unpaired) electrons. The lowest BCUT2D eigenvalue weighted by Crippen LogP contribution is -2.81. The number of carbonyl (C=O) groups excluding carboxylic acids is 6. The van der Waals surface area contributed by atoms with Crippen molar-refractivity contribution >= 4 is 35.8 Å². The molecular formula is C42H44O13. The van der Waals surface area contributed by atoms with Gasteiger partial charge in [0, 0.05) is 20.8 Å². The van der Waals surface area contributed by atoms with Gasteiger partial charge >= 0.3 is 35.8 Å². The molecule has 3 aromatic rings. The van der Waals surface area contributed by atoms with Gasteiger partial charge in [-0.05, 0) is 62.6 Å². The third-order valence-electron chi connectivity index (χ3n) is 10.9. The van der Waals surface area contributed by atoms with Gasteiger partial charge in [-0.15, -0.1) is 0 Å². The van der Waals surface area contributed by atoms with Crippen LogP contribution in [0.2, 0.25) is 0 Å². The Bertz CT molecular complexity index is 1930. The molecule has 13 heteroatoms. The fraction of sp³-hybridized carbons (Fsp3) is 0.429. The summed E-state index contributed by atoms with van der Waals surface area (Å²) in [5, 5.41) is 0. The normalized spacial score (nSPS) is 30.1. The van der Waals surface area contributed by atoms with Gasteiger partial charge < -0.3 is 33.2 Å². The Morgan fingerprint density at radius 2 is 1.05 bits per heavy atom. The molecule has 0 aromatic heterocycles. The van der Waals surface area contributed by atoms with Gasteiger partial charge in [0.1, 0.15) is 35.9 Å². The van der Waals surface area contributed by atoms with Crippen LogP contribution >= 0.6 is 0 Å². The summed E-state index contributed by atoms with van der Waals surface area (Å²) < 4.78 is 44.4. The van der Waals surface area contributed by atoms with E-state index < -0.39 is 101 Å². The zero-order chi connectivity index (χ0) is 39.7. The van der Waals surface area contributed by atoms with Crippen molar-refractivity contribution in [2.75, 3.05) is 6.61 Å². The maximum Gasteiger partial charge on any atom is 0.338 e. The van der Waals surface area contributed by atoms with Crippen molar-refractivity contribution in [1.82, 2.24) is 0 Å². The van der Waals surface area contributed by atoms with E-state index in [0.29, 0.717) is 0 Å². The first-order chi connectivity index (χ1) is 26.1. The molecule has 290 valence electrons. The summed E-state index contributed by atoms with van der Waals surface area (Å²) in [4.78, 5) is 81.3. The van der Waals surface area contributed by atoms with E-state index in [1.165, 1.54) is 31.2 Å². The molecule has 3 fully saturated rings. The van der Waals surface area contributed by atoms with Gasteiger partial charge in [-0.3, -0.25) is 14.4 Å². The summed E-state index contributed by atoms with van der Waals surface area (Å²) in [5.41, 5.74) is -4.67.